The monoisotopic (exact) mass is 219 g/mol. The summed E-state index contributed by atoms with van der Waals surface area (Å²) in [6.45, 7) is 8.31. The van der Waals surface area contributed by atoms with E-state index in [2.05, 4.69) is 19.2 Å². The van der Waals surface area contributed by atoms with Crippen molar-refractivity contribution in [2.24, 2.45) is 0 Å². The maximum Gasteiger partial charge on any atom is 0.0590 e. The van der Waals surface area contributed by atoms with Crippen molar-refractivity contribution in [2.45, 2.75) is 33.1 Å². The van der Waals surface area contributed by atoms with Crippen LogP contribution in [0.15, 0.2) is 0 Å². The van der Waals surface area contributed by atoms with Crippen molar-refractivity contribution < 1.29 is 4.74 Å². The van der Waals surface area contributed by atoms with Crippen LogP contribution in [0, 0.1) is 0 Å². The van der Waals surface area contributed by atoms with Crippen LogP contribution in [0.2, 0.25) is 0 Å². The first-order chi connectivity index (χ1) is 6.91. The van der Waals surface area contributed by atoms with Gasteiger partial charge < -0.3 is 10.1 Å². The second kappa shape index (κ2) is 13.3. The van der Waals surface area contributed by atoms with Crippen molar-refractivity contribution >= 4 is 11.8 Å². The quantitative estimate of drug-likeness (QED) is 0.540. The van der Waals surface area contributed by atoms with E-state index < -0.39 is 0 Å². The molecule has 0 aliphatic carbocycles. The summed E-state index contributed by atoms with van der Waals surface area (Å²) in [6.07, 6.45) is 3.68. The zero-order chi connectivity index (χ0) is 10.5. The highest BCUT2D eigenvalue weighted by atomic mass is 32.2. The van der Waals surface area contributed by atoms with Crippen LogP contribution >= 0.6 is 11.8 Å². The molecule has 0 aromatic carbocycles. The van der Waals surface area contributed by atoms with Gasteiger partial charge in [0.2, 0.25) is 0 Å². The molecule has 3 heteroatoms. The molecule has 0 rings (SSSR count). The van der Waals surface area contributed by atoms with Gasteiger partial charge in [-0.1, -0.05) is 20.3 Å². The van der Waals surface area contributed by atoms with Crippen LogP contribution in [0.3, 0.4) is 0 Å². The first-order valence-electron chi connectivity index (χ1n) is 5.78. The van der Waals surface area contributed by atoms with Crippen LogP contribution in [0.25, 0.3) is 0 Å². The molecular formula is C11H25NOS. The molecule has 14 heavy (non-hydrogen) atoms. The van der Waals surface area contributed by atoms with Gasteiger partial charge in [0.15, 0.2) is 0 Å². The maximum atomic E-state index is 5.43. The largest absolute Gasteiger partial charge is 0.380 e. The molecule has 1 N–H and O–H groups in total. The Morgan fingerprint density at radius 1 is 1.07 bits per heavy atom. The van der Waals surface area contributed by atoms with E-state index in [1.54, 1.807) is 0 Å². The van der Waals surface area contributed by atoms with Crippen molar-refractivity contribution in [3.63, 3.8) is 0 Å². The van der Waals surface area contributed by atoms with Crippen molar-refractivity contribution in [1.29, 1.82) is 0 Å². The molecule has 0 fully saturated rings. The number of unbranched alkanes of at least 4 members (excludes halogenated alkanes) is 1. The molecule has 0 saturated carbocycles. The van der Waals surface area contributed by atoms with E-state index in [-0.39, 0.29) is 0 Å². The Kier molecular flexibility index (Phi) is 13.5. The molecule has 0 bridgehead atoms. The van der Waals surface area contributed by atoms with Crippen molar-refractivity contribution in [3.05, 3.63) is 0 Å². The minimum absolute atomic E-state index is 0.862. The summed E-state index contributed by atoms with van der Waals surface area (Å²) in [7, 11) is 0. The first-order valence-corrected chi connectivity index (χ1v) is 6.93. The van der Waals surface area contributed by atoms with Gasteiger partial charge >= 0.3 is 0 Å². The van der Waals surface area contributed by atoms with Gasteiger partial charge in [-0.25, -0.2) is 0 Å². The summed E-state index contributed by atoms with van der Waals surface area (Å²) in [4.78, 5) is 0. The SMILES string of the molecule is CCCCOCCNCCCSCC. The van der Waals surface area contributed by atoms with E-state index in [4.69, 9.17) is 4.74 Å². The number of hydrogen-bond acceptors (Lipinski definition) is 3. The smallest absolute Gasteiger partial charge is 0.0590 e. The van der Waals surface area contributed by atoms with Crippen molar-refractivity contribution in [2.75, 3.05) is 37.8 Å². The van der Waals surface area contributed by atoms with Crippen LogP contribution in [-0.2, 0) is 4.74 Å². The predicted octanol–water partition coefficient (Wildman–Crippen LogP) is 2.54. The minimum atomic E-state index is 0.862. The molecule has 0 spiro atoms. The van der Waals surface area contributed by atoms with Gasteiger partial charge in [-0.05, 0) is 30.9 Å². The fourth-order valence-corrected chi connectivity index (χ4v) is 1.70. The first kappa shape index (κ1) is 14.3. The molecule has 0 aromatic rings. The van der Waals surface area contributed by atoms with E-state index in [0.717, 1.165) is 26.3 Å². The molecule has 86 valence electrons. The molecule has 0 heterocycles. The van der Waals surface area contributed by atoms with E-state index in [9.17, 15) is 0 Å². The zero-order valence-corrected chi connectivity index (χ0v) is 10.5. The molecule has 0 unspecified atom stereocenters. The molecule has 2 nitrogen and oxygen atoms in total. The van der Waals surface area contributed by atoms with Crippen LogP contribution in [0.4, 0.5) is 0 Å². The van der Waals surface area contributed by atoms with Crippen LogP contribution in [0.5, 0.6) is 0 Å². The van der Waals surface area contributed by atoms with Gasteiger partial charge in [0.1, 0.15) is 0 Å². The van der Waals surface area contributed by atoms with Crippen molar-refractivity contribution in [1.82, 2.24) is 5.32 Å². The summed E-state index contributed by atoms with van der Waals surface area (Å²) in [6, 6.07) is 0. The summed E-state index contributed by atoms with van der Waals surface area (Å²) >= 11 is 2.01. The Bertz CT molecular complexity index is 89.3. The third kappa shape index (κ3) is 12.3. The highest BCUT2D eigenvalue weighted by molar-refractivity contribution is 7.99. The Morgan fingerprint density at radius 2 is 1.93 bits per heavy atom. The normalized spacial score (nSPS) is 10.7. The Morgan fingerprint density at radius 3 is 2.64 bits per heavy atom. The number of nitrogens with one attached hydrogen (secondary N) is 1. The lowest BCUT2D eigenvalue weighted by molar-refractivity contribution is 0.133. The lowest BCUT2D eigenvalue weighted by atomic mass is 10.4. The zero-order valence-electron chi connectivity index (χ0n) is 9.68. The topological polar surface area (TPSA) is 21.3 Å². The molecule has 0 aliphatic heterocycles. The Hall–Kier alpha value is 0.270. The van der Waals surface area contributed by atoms with E-state index in [1.807, 2.05) is 11.8 Å². The van der Waals surface area contributed by atoms with Gasteiger partial charge in [-0.2, -0.15) is 11.8 Å². The second-order valence-electron chi connectivity index (χ2n) is 3.27. The Balaban J connectivity index is 2.78. The number of ether oxygens (including phenoxy) is 1. The van der Waals surface area contributed by atoms with Gasteiger partial charge in [-0.3, -0.25) is 0 Å². The van der Waals surface area contributed by atoms with Crippen LogP contribution < -0.4 is 5.32 Å². The minimum Gasteiger partial charge on any atom is -0.380 e. The van der Waals surface area contributed by atoms with E-state index >= 15 is 0 Å². The summed E-state index contributed by atoms with van der Waals surface area (Å²) in [5.41, 5.74) is 0. The molecule has 0 saturated heterocycles. The van der Waals surface area contributed by atoms with E-state index in [1.165, 1.54) is 30.8 Å². The van der Waals surface area contributed by atoms with Gasteiger partial charge in [-0.15, -0.1) is 0 Å². The maximum absolute atomic E-state index is 5.43. The molecule has 0 amide bonds. The molecule has 0 atom stereocenters. The molecule has 0 aromatic heterocycles. The van der Waals surface area contributed by atoms with E-state index in [0.29, 0.717) is 0 Å². The lowest BCUT2D eigenvalue weighted by Gasteiger charge is -2.05. The number of rotatable bonds is 11. The second-order valence-corrected chi connectivity index (χ2v) is 4.66. The standard InChI is InChI=1S/C11H25NOS/c1-3-5-9-13-10-8-12-7-6-11-14-4-2/h12H,3-11H2,1-2H3. The number of thioether (sulfide) groups is 1. The van der Waals surface area contributed by atoms with Gasteiger partial charge in [0, 0.05) is 13.2 Å². The lowest BCUT2D eigenvalue weighted by Crippen LogP contribution is -2.21. The fraction of sp³-hybridized carbons (Fsp3) is 1.00. The van der Waals surface area contributed by atoms with Gasteiger partial charge in [0.05, 0.1) is 6.61 Å². The summed E-state index contributed by atoms with van der Waals surface area (Å²) in [5.74, 6) is 2.51. The van der Waals surface area contributed by atoms with Crippen LogP contribution in [0.1, 0.15) is 33.1 Å². The Labute approximate surface area is 93.2 Å². The van der Waals surface area contributed by atoms with Crippen molar-refractivity contribution in [3.8, 4) is 0 Å². The third-order valence-corrected chi connectivity index (χ3v) is 2.90. The molecule has 0 radical (unpaired) electrons. The highest BCUT2D eigenvalue weighted by Crippen LogP contribution is 1.99. The third-order valence-electron chi connectivity index (χ3n) is 1.91. The predicted molar refractivity (Wildman–Crippen MR) is 66.2 cm³/mol. The summed E-state index contributed by atoms with van der Waals surface area (Å²) in [5, 5.41) is 3.38. The highest BCUT2D eigenvalue weighted by Gasteiger charge is 1.89. The fourth-order valence-electron chi connectivity index (χ4n) is 1.06. The average molecular weight is 219 g/mol. The molecule has 0 aliphatic rings. The molecular weight excluding hydrogens is 194 g/mol. The van der Waals surface area contributed by atoms with Gasteiger partial charge in [0.25, 0.3) is 0 Å². The number of hydrogen-bond donors (Lipinski definition) is 1. The van der Waals surface area contributed by atoms with Crippen LogP contribution in [-0.4, -0.2) is 37.8 Å². The average Bonchev–Trinajstić information content (AvgIpc) is 2.21. The summed E-state index contributed by atoms with van der Waals surface area (Å²) < 4.78 is 5.43.